The van der Waals surface area contributed by atoms with Gasteiger partial charge in [0.25, 0.3) is 0 Å². The Morgan fingerprint density at radius 3 is 2.20 bits per heavy atom. The normalized spacial score (nSPS) is 10.4. The van der Waals surface area contributed by atoms with Gasteiger partial charge >= 0.3 is 5.97 Å². The summed E-state index contributed by atoms with van der Waals surface area (Å²) in [5.74, 6) is -3.07. The Kier molecular flexibility index (Phi) is 4.52. The second-order valence-electron chi connectivity index (χ2n) is 3.74. The molecule has 0 amide bonds. The van der Waals surface area contributed by atoms with Gasteiger partial charge in [0.2, 0.25) is 11.9 Å². The highest BCUT2D eigenvalue weighted by Crippen LogP contribution is 2.28. The fraction of sp³-hybridized carbons (Fsp3) is 0.0769. The highest BCUT2D eigenvalue weighted by atomic mass is 35.5. The molecular weight excluding hydrogens is 311 g/mol. The van der Waals surface area contributed by atoms with Crippen LogP contribution < -0.4 is 0 Å². The molecule has 0 aliphatic rings. The van der Waals surface area contributed by atoms with Crippen molar-refractivity contribution in [1.29, 1.82) is 0 Å². The van der Waals surface area contributed by atoms with E-state index in [9.17, 15) is 13.6 Å². The van der Waals surface area contributed by atoms with Crippen LogP contribution in [0, 0.1) is 11.9 Å². The maximum absolute atomic E-state index is 13.2. The molecule has 2 aromatic rings. The molecule has 0 fully saturated rings. The first-order valence-corrected chi connectivity index (χ1v) is 6.17. The average molecular weight is 318 g/mol. The van der Waals surface area contributed by atoms with E-state index in [1.807, 2.05) is 0 Å². The number of ether oxygens (including phenoxy) is 1. The molecule has 1 aromatic carbocycles. The minimum atomic E-state index is -1.21. The number of carbonyl (C=O) groups is 1. The maximum atomic E-state index is 13.2. The minimum Gasteiger partial charge on any atom is -0.457 e. The van der Waals surface area contributed by atoms with E-state index >= 15 is 0 Å². The minimum absolute atomic E-state index is 0.164. The lowest BCUT2D eigenvalue weighted by Crippen LogP contribution is -2.07. The third kappa shape index (κ3) is 3.05. The van der Waals surface area contributed by atoms with Crippen molar-refractivity contribution in [2.24, 2.45) is 0 Å². The lowest BCUT2D eigenvalue weighted by Gasteiger charge is -2.09. The van der Waals surface area contributed by atoms with Crippen LogP contribution in [-0.2, 0) is 11.3 Å². The largest absolute Gasteiger partial charge is 0.457 e. The quantitative estimate of drug-likeness (QED) is 0.634. The van der Waals surface area contributed by atoms with E-state index in [4.69, 9.17) is 27.9 Å². The van der Waals surface area contributed by atoms with Crippen LogP contribution >= 0.6 is 23.2 Å². The zero-order valence-corrected chi connectivity index (χ0v) is 11.4. The number of benzene rings is 1. The summed E-state index contributed by atoms with van der Waals surface area (Å²) >= 11 is 11.2. The molecule has 0 bridgehead atoms. The SMILES string of the molecule is O=C(OCc1c(Cl)c(F)nc(F)c1Cl)c1ccccc1. The van der Waals surface area contributed by atoms with Crippen molar-refractivity contribution in [3.05, 3.63) is 63.4 Å². The number of rotatable bonds is 3. The van der Waals surface area contributed by atoms with E-state index < -0.39 is 34.5 Å². The second-order valence-corrected chi connectivity index (χ2v) is 4.50. The van der Waals surface area contributed by atoms with Crippen molar-refractivity contribution in [3.63, 3.8) is 0 Å². The molecule has 0 N–H and O–H groups in total. The molecule has 20 heavy (non-hydrogen) atoms. The van der Waals surface area contributed by atoms with Gasteiger partial charge < -0.3 is 4.74 Å². The molecule has 1 heterocycles. The first-order chi connectivity index (χ1) is 9.50. The number of halogens is 4. The third-order valence-electron chi connectivity index (χ3n) is 2.45. The van der Waals surface area contributed by atoms with Gasteiger partial charge in [0.15, 0.2) is 0 Å². The van der Waals surface area contributed by atoms with Crippen LogP contribution in [0.3, 0.4) is 0 Å². The molecule has 7 heteroatoms. The van der Waals surface area contributed by atoms with Crippen LogP contribution in [0.1, 0.15) is 15.9 Å². The summed E-state index contributed by atoms with van der Waals surface area (Å²) in [6, 6.07) is 8.13. The molecule has 0 radical (unpaired) electrons. The van der Waals surface area contributed by atoms with Crippen molar-refractivity contribution in [2.45, 2.75) is 6.61 Å². The summed E-state index contributed by atoms with van der Waals surface area (Å²) < 4.78 is 31.3. The van der Waals surface area contributed by atoms with Crippen LogP contribution in [0.2, 0.25) is 10.0 Å². The molecule has 104 valence electrons. The van der Waals surface area contributed by atoms with Gasteiger partial charge in [0, 0.05) is 5.56 Å². The zero-order valence-electron chi connectivity index (χ0n) is 9.87. The molecule has 0 atom stereocenters. The number of nitrogens with zero attached hydrogens (tertiary/aromatic N) is 1. The van der Waals surface area contributed by atoms with E-state index in [1.165, 1.54) is 0 Å². The van der Waals surface area contributed by atoms with E-state index in [0.717, 1.165) is 0 Å². The highest BCUT2D eigenvalue weighted by molar-refractivity contribution is 6.35. The summed E-state index contributed by atoms with van der Waals surface area (Å²) in [7, 11) is 0. The van der Waals surface area contributed by atoms with Crippen molar-refractivity contribution < 1.29 is 18.3 Å². The Bertz CT molecular complexity index is 624. The maximum Gasteiger partial charge on any atom is 0.338 e. The molecule has 0 saturated carbocycles. The predicted molar refractivity (Wildman–Crippen MR) is 69.7 cm³/mol. The molecule has 0 aliphatic carbocycles. The number of pyridine rings is 1. The fourth-order valence-electron chi connectivity index (χ4n) is 1.45. The van der Waals surface area contributed by atoms with Crippen molar-refractivity contribution >= 4 is 29.2 Å². The first kappa shape index (κ1) is 14.7. The molecule has 2 rings (SSSR count). The third-order valence-corrected chi connectivity index (χ3v) is 3.21. The molecule has 3 nitrogen and oxygen atoms in total. The summed E-state index contributed by atoms with van der Waals surface area (Å²) in [4.78, 5) is 14.6. The standard InChI is InChI=1S/C13H7Cl2F2NO2/c14-9-8(10(15)12(17)18-11(9)16)6-20-13(19)7-4-2-1-3-5-7/h1-5H,6H2. The summed E-state index contributed by atoms with van der Waals surface area (Å²) in [6.07, 6.45) is 0. The van der Waals surface area contributed by atoms with Crippen LogP contribution in [0.4, 0.5) is 8.78 Å². The van der Waals surface area contributed by atoms with Gasteiger partial charge in [0.1, 0.15) is 16.7 Å². The van der Waals surface area contributed by atoms with Gasteiger partial charge in [-0.2, -0.15) is 13.8 Å². The summed E-state index contributed by atoms with van der Waals surface area (Å²) in [6.45, 7) is -0.457. The Morgan fingerprint density at radius 1 is 1.10 bits per heavy atom. The van der Waals surface area contributed by atoms with Crippen LogP contribution in [0.25, 0.3) is 0 Å². The number of carbonyl (C=O) groups excluding carboxylic acids is 1. The smallest absolute Gasteiger partial charge is 0.338 e. The van der Waals surface area contributed by atoms with Crippen molar-refractivity contribution in [3.8, 4) is 0 Å². The topological polar surface area (TPSA) is 39.2 Å². The van der Waals surface area contributed by atoms with Gasteiger partial charge in [0.05, 0.1) is 5.56 Å². The van der Waals surface area contributed by atoms with E-state index in [2.05, 4.69) is 4.98 Å². The number of esters is 1. The number of aromatic nitrogens is 1. The van der Waals surface area contributed by atoms with Gasteiger partial charge in [-0.05, 0) is 12.1 Å². The second kappa shape index (κ2) is 6.15. The molecule has 0 aliphatic heterocycles. The number of hydrogen-bond acceptors (Lipinski definition) is 3. The highest BCUT2D eigenvalue weighted by Gasteiger charge is 2.19. The van der Waals surface area contributed by atoms with Crippen LogP contribution in [-0.4, -0.2) is 11.0 Å². The van der Waals surface area contributed by atoms with E-state index in [1.54, 1.807) is 30.3 Å². The van der Waals surface area contributed by atoms with Gasteiger partial charge in [-0.3, -0.25) is 0 Å². The van der Waals surface area contributed by atoms with E-state index in [0.29, 0.717) is 5.56 Å². The van der Waals surface area contributed by atoms with Crippen LogP contribution in [0.5, 0.6) is 0 Å². The molecular formula is C13H7Cl2F2NO2. The Labute approximate surface area is 123 Å². The van der Waals surface area contributed by atoms with Crippen molar-refractivity contribution in [2.75, 3.05) is 0 Å². The van der Waals surface area contributed by atoms with Gasteiger partial charge in [-0.1, -0.05) is 41.4 Å². The van der Waals surface area contributed by atoms with Gasteiger partial charge in [-0.15, -0.1) is 0 Å². The van der Waals surface area contributed by atoms with Crippen LogP contribution in [0.15, 0.2) is 30.3 Å². The van der Waals surface area contributed by atoms with E-state index in [-0.39, 0.29) is 5.56 Å². The molecule has 0 saturated heterocycles. The zero-order chi connectivity index (χ0) is 14.7. The molecule has 1 aromatic heterocycles. The lowest BCUT2D eigenvalue weighted by molar-refractivity contribution is 0.0472. The average Bonchev–Trinajstić information content (AvgIpc) is 2.46. The molecule has 0 unspecified atom stereocenters. The Hall–Kier alpha value is -1.72. The number of hydrogen-bond donors (Lipinski definition) is 0. The summed E-state index contributed by atoms with van der Waals surface area (Å²) in [5, 5.41) is -0.950. The van der Waals surface area contributed by atoms with Gasteiger partial charge in [-0.25, -0.2) is 4.79 Å². The Balaban J connectivity index is 2.18. The molecule has 0 spiro atoms. The summed E-state index contributed by atoms with van der Waals surface area (Å²) in [5.41, 5.74) is 0.136. The lowest BCUT2D eigenvalue weighted by atomic mass is 10.2. The Morgan fingerprint density at radius 2 is 1.65 bits per heavy atom. The first-order valence-electron chi connectivity index (χ1n) is 5.41. The fourth-order valence-corrected chi connectivity index (χ4v) is 1.88. The monoisotopic (exact) mass is 317 g/mol. The van der Waals surface area contributed by atoms with Crippen molar-refractivity contribution in [1.82, 2.24) is 4.98 Å². The predicted octanol–water partition coefficient (Wildman–Crippen LogP) is 4.02.